The van der Waals surface area contributed by atoms with Crippen molar-refractivity contribution in [3.63, 3.8) is 0 Å². The molecular formula is C41H55F4N5O7. The first kappa shape index (κ1) is 44.2. The number of ketones is 1. The smallest absolute Gasteiger partial charge is 0.165 e. The molecule has 0 saturated carbocycles. The van der Waals surface area contributed by atoms with Gasteiger partial charge in [0.2, 0.25) is 0 Å². The molecule has 4 aromatic rings. The van der Waals surface area contributed by atoms with Gasteiger partial charge in [-0.15, -0.1) is 0 Å². The van der Waals surface area contributed by atoms with Crippen LogP contribution in [0.3, 0.4) is 0 Å². The van der Waals surface area contributed by atoms with Gasteiger partial charge in [-0.3, -0.25) is 9.69 Å². The number of hydrogen-bond acceptors (Lipinski definition) is 11. The Morgan fingerprint density at radius 3 is 1.89 bits per heavy atom. The molecule has 3 N–H and O–H groups in total. The summed E-state index contributed by atoms with van der Waals surface area (Å²) in [5, 5.41) is 2.24. The van der Waals surface area contributed by atoms with E-state index in [9.17, 15) is 22.4 Å². The number of carbonyl (C=O) groups is 1. The fourth-order valence-electron chi connectivity index (χ4n) is 6.47. The van der Waals surface area contributed by atoms with Gasteiger partial charge in [0.1, 0.15) is 11.6 Å². The third-order valence-corrected chi connectivity index (χ3v) is 9.66. The van der Waals surface area contributed by atoms with Crippen LogP contribution in [0, 0.1) is 23.3 Å². The van der Waals surface area contributed by atoms with Gasteiger partial charge in [0.05, 0.1) is 96.0 Å². The molecule has 3 aromatic carbocycles. The Balaban J connectivity index is 0.799. The van der Waals surface area contributed by atoms with Crippen molar-refractivity contribution in [2.24, 2.45) is 0 Å². The topological polar surface area (TPSA) is 134 Å². The zero-order valence-electron chi connectivity index (χ0n) is 32.7. The summed E-state index contributed by atoms with van der Waals surface area (Å²) in [6, 6.07) is 8.72. The second-order valence-electron chi connectivity index (χ2n) is 13.8. The Labute approximate surface area is 330 Å². The van der Waals surface area contributed by atoms with Crippen molar-refractivity contribution in [1.82, 2.24) is 14.9 Å². The number of aromatic nitrogens is 2. The molecule has 0 atom stereocenters. The zero-order valence-corrected chi connectivity index (χ0v) is 32.7. The zero-order chi connectivity index (χ0) is 40.4. The lowest BCUT2D eigenvalue weighted by molar-refractivity contribution is -0.119. The van der Waals surface area contributed by atoms with Crippen molar-refractivity contribution in [2.45, 2.75) is 39.0 Å². The predicted octanol–water partition coefficient (Wildman–Crippen LogP) is 5.62. The van der Waals surface area contributed by atoms with Crippen LogP contribution < -0.4 is 10.6 Å². The van der Waals surface area contributed by atoms with Gasteiger partial charge < -0.3 is 44.0 Å². The summed E-state index contributed by atoms with van der Waals surface area (Å²) in [5.41, 5.74) is 9.27. The summed E-state index contributed by atoms with van der Waals surface area (Å²) in [7, 11) is 0. The SMILES string of the molecule is CCCCc1nc2c([nH]1)c(N)cc1ccc(N3CCN(CCOCCOCCOCCOCCOCCOCCC(=O)Cc4c(F)c(F)cc(F)c4F)CC3)cc12. The number of nitrogens with zero attached hydrogens (tertiary/aromatic N) is 3. The van der Waals surface area contributed by atoms with E-state index in [1.54, 1.807) is 0 Å². The number of halogens is 4. The van der Waals surface area contributed by atoms with E-state index >= 15 is 0 Å². The average Bonchev–Trinajstić information content (AvgIpc) is 3.66. The number of unbranched alkanes of at least 4 members (excludes halogenated alkanes) is 1. The number of H-pyrrole nitrogens is 1. The molecule has 0 aliphatic carbocycles. The third-order valence-electron chi connectivity index (χ3n) is 9.66. The molecule has 0 amide bonds. The molecule has 57 heavy (non-hydrogen) atoms. The van der Waals surface area contributed by atoms with Gasteiger partial charge in [0, 0.05) is 74.7 Å². The average molecular weight is 806 g/mol. The first-order valence-corrected chi connectivity index (χ1v) is 19.7. The van der Waals surface area contributed by atoms with E-state index in [1.165, 1.54) is 5.69 Å². The molecular weight excluding hydrogens is 750 g/mol. The van der Waals surface area contributed by atoms with Crippen LogP contribution in [0.15, 0.2) is 30.3 Å². The number of carbonyl (C=O) groups excluding carboxylic acids is 1. The fraction of sp³-hybridized carbons (Fsp3) is 0.561. The minimum atomic E-state index is -1.57. The van der Waals surface area contributed by atoms with E-state index in [1.807, 2.05) is 6.07 Å². The first-order chi connectivity index (χ1) is 27.7. The van der Waals surface area contributed by atoms with Gasteiger partial charge in [-0.1, -0.05) is 19.4 Å². The summed E-state index contributed by atoms with van der Waals surface area (Å²) in [4.78, 5) is 25.2. The minimum absolute atomic E-state index is 0.0193. The molecule has 12 nitrogen and oxygen atoms in total. The second-order valence-corrected chi connectivity index (χ2v) is 13.8. The van der Waals surface area contributed by atoms with Crippen LogP contribution >= 0.6 is 0 Å². The third kappa shape index (κ3) is 13.6. The number of aryl methyl sites for hydroxylation is 1. The molecule has 314 valence electrons. The van der Waals surface area contributed by atoms with Gasteiger partial charge in [-0.05, 0) is 30.0 Å². The van der Waals surface area contributed by atoms with Crippen molar-refractivity contribution in [3.05, 3.63) is 65.0 Å². The molecule has 0 unspecified atom stereocenters. The molecule has 16 heteroatoms. The van der Waals surface area contributed by atoms with E-state index in [2.05, 4.69) is 39.9 Å². The maximum absolute atomic E-state index is 13.7. The molecule has 1 aliphatic rings. The summed E-state index contributed by atoms with van der Waals surface area (Å²) in [6.07, 6.45) is 2.21. The van der Waals surface area contributed by atoms with Crippen molar-refractivity contribution >= 4 is 39.0 Å². The molecule has 0 radical (unpaired) electrons. The van der Waals surface area contributed by atoms with Crippen LogP contribution in [-0.2, 0) is 46.1 Å². The quantitative estimate of drug-likeness (QED) is 0.0337. The van der Waals surface area contributed by atoms with Crippen LogP contribution in [0.25, 0.3) is 21.8 Å². The van der Waals surface area contributed by atoms with E-state index < -0.39 is 41.0 Å². The normalized spacial score (nSPS) is 13.7. The molecule has 0 bridgehead atoms. The van der Waals surface area contributed by atoms with Gasteiger partial charge >= 0.3 is 0 Å². The van der Waals surface area contributed by atoms with Gasteiger partial charge in [-0.2, -0.15) is 0 Å². The summed E-state index contributed by atoms with van der Waals surface area (Å²) in [6.45, 7) is 11.4. The van der Waals surface area contributed by atoms with Crippen LogP contribution in [0.1, 0.15) is 37.6 Å². The number of rotatable bonds is 27. The van der Waals surface area contributed by atoms with E-state index in [0.29, 0.717) is 59.5 Å². The maximum Gasteiger partial charge on any atom is 0.165 e. The number of benzene rings is 3. The number of nitrogens with two attached hydrogens (primary N) is 1. The second kappa shape index (κ2) is 23.5. The number of nitrogen functional groups attached to an aromatic ring is 1. The number of fused-ring (bicyclic) bond motifs is 3. The van der Waals surface area contributed by atoms with Crippen molar-refractivity contribution < 1.29 is 50.8 Å². The van der Waals surface area contributed by atoms with Gasteiger partial charge in [0.15, 0.2) is 23.3 Å². The lowest BCUT2D eigenvalue weighted by Crippen LogP contribution is -2.47. The van der Waals surface area contributed by atoms with Gasteiger partial charge in [0.25, 0.3) is 0 Å². The lowest BCUT2D eigenvalue weighted by Gasteiger charge is -2.36. The Bertz CT molecular complexity index is 1830. The Morgan fingerprint density at radius 1 is 0.754 bits per heavy atom. The first-order valence-electron chi connectivity index (χ1n) is 19.7. The van der Waals surface area contributed by atoms with Crippen LogP contribution in [0.2, 0.25) is 0 Å². The number of hydrogen-bond donors (Lipinski definition) is 2. The predicted molar refractivity (Wildman–Crippen MR) is 210 cm³/mol. The summed E-state index contributed by atoms with van der Waals surface area (Å²) in [5.74, 6) is -5.84. The standard InChI is InChI=1S/C41H55F4N5O7/c1-2-3-4-37-47-40-32-26-30(6-5-29(32)25-36(46)41(40)48-37)50-10-8-49(9-11-50)12-14-53-16-18-55-20-22-57-24-23-56-21-19-54-17-15-52-13-7-31(51)27-33-38(44)34(42)28-35(43)39(33)45/h5-6,25-26,28H,2-4,7-24,27,46H2,1H3,(H,47,48). The van der Waals surface area contributed by atoms with E-state index in [0.717, 1.165) is 85.3 Å². The number of ether oxygens (including phenoxy) is 6. The van der Waals surface area contributed by atoms with Crippen molar-refractivity contribution in [1.29, 1.82) is 0 Å². The molecule has 1 aromatic heterocycles. The molecule has 1 aliphatic heterocycles. The lowest BCUT2D eigenvalue weighted by atomic mass is 10.1. The Hall–Kier alpha value is -3.90. The number of Topliss-reactive ketones (excluding diaryl/α,β-unsaturated/α-hetero) is 1. The minimum Gasteiger partial charge on any atom is -0.397 e. The highest BCUT2D eigenvalue weighted by molar-refractivity contribution is 6.10. The largest absolute Gasteiger partial charge is 0.397 e. The monoisotopic (exact) mass is 805 g/mol. The highest BCUT2D eigenvalue weighted by Gasteiger charge is 2.22. The Kier molecular flexibility index (Phi) is 18.2. The fourth-order valence-corrected chi connectivity index (χ4v) is 6.47. The molecule has 1 saturated heterocycles. The molecule has 5 rings (SSSR count). The number of nitrogens with one attached hydrogen (secondary N) is 1. The van der Waals surface area contributed by atoms with Crippen LogP contribution in [0.4, 0.5) is 28.9 Å². The van der Waals surface area contributed by atoms with E-state index in [4.69, 9.17) is 39.1 Å². The van der Waals surface area contributed by atoms with Crippen molar-refractivity contribution in [3.8, 4) is 0 Å². The number of piperazine rings is 1. The molecule has 2 heterocycles. The number of anilines is 2. The highest BCUT2D eigenvalue weighted by Crippen LogP contribution is 2.32. The maximum atomic E-state index is 13.7. The highest BCUT2D eigenvalue weighted by atomic mass is 19.2. The molecule has 1 fully saturated rings. The Morgan fingerprint density at radius 2 is 1.32 bits per heavy atom. The van der Waals surface area contributed by atoms with Gasteiger partial charge in [-0.25, -0.2) is 22.5 Å². The van der Waals surface area contributed by atoms with Crippen LogP contribution in [-0.4, -0.2) is 133 Å². The summed E-state index contributed by atoms with van der Waals surface area (Å²) < 4.78 is 87.0. The number of imidazole rings is 1. The summed E-state index contributed by atoms with van der Waals surface area (Å²) >= 11 is 0. The van der Waals surface area contributed by atoms with E-state index in [-0.39, 0.29) is 32.3 Å². The molecule has 0 spiro atoms. The number of aromatic amines is 1. The van der Waals surface area contributed by atoms with Crippen molar-refractivity contribution in [2.75, 3.05) is 123 Å². The van der Waals surface area contributed by atoms with Crippen LogP contribution in [0.5, 0.6) is 0 Å².